The lowest BCUT2D eigenvalue weighted by Gasteiger charge is -2.40. The lowest BCUT2D eigenvalue weighted by molar-refractivity contribution is 0.436. The highest BCUT2D eigenvalue weighted by Gasteiger charge is 2.54. The molecule has 2 heterocycles. The van der Waals surface area contributed by atoms with Gasteiger partial charge in [0.15, 0.2) is 0 Å². The van der Waals surface area contributed by atoms with Gasteiger partial charge in [0.1, 0.15) is 23.0 Å². The van der Waals surface area contributed by atoms with E-state index >= 15 is 0 Å². The van der Waals surface area contributed by atoms with Crippen LogP contribution in [0.15, 0.2) is 273 Å². The molecule has 4 aliphatic rings. The van der Waals surface area contributed by atoms with Gasteiger partial charge in [0.05, 0.1) is 22.2 Å². The third-order valence-corrected chi connectivity index (χ3v) is 16.6. The average molecular weight is 956 g/mol. The number of fused-ring (bicyclic) bond motifs is 19. The molecule has 0 bridgehead atoms. The first kappa shape index (κ1) is 41.9. The van der Waals surface area contributed by atoms with Gasteiger partial charge in [-0.3, -0.25) is 0 Å². The highest BCUT2D eigenvalue weighted by Crippen LogP contribution is 2.68. The van der Waals surface area contributed by atoms with E-state index in [4.69, 9.17) is 9.47 Å². The summed E-state index contributed by atoms with van der Waals surface area (Å²) in [6.07, 6.45) is 0. The second-order valence-electron chi connectivity index (χ2n) is 20.2. The predicted molar refractivity (Wildman–Crippen MR) is 304 cm³/mol. The molecular weight excluding hydrogens is 911 g/mol. The molecule has 0 saturated heterocycles. The lowest BCUT2D eigenvalue weighted by Crippen LogP contribution is -2.32. The van der Waals surface area contributed by atoms with Crippen molar-refractivity contribution in [1.82, 2.24) is 0 Å². The molecule has 2 aliphatic carbocycles. The maximum Gasteiger partial charge on any atom is 0.132 e. The molecule has 0 unspecified atom stereocenters. The van der Waals surface area contributed by atoms with Crippen molar-refractivity contribution in [3.8, 4) is 67.5 Å². The number of benzene rings is 12. The van der Waals surface area contributed by atoms with Crippen LogP contribution in [0.3, 0.4) is 0 Å². The van der Waals surface area contributed by atoms with Crippen molar-refractivity contribution in [2.45, 2.75) is 10.8 Å². The van der Waals surface area contributed by atoms with E-state index in [-0.39, 0.29) is 0 Å². The van der Waals surface area contributed by atoms with Crippen molar-refractivity contribution in [2.75, 3.05) is 4.90 Å². The van der Waals surface area contributed by atoms with Crippen LogP contribution >= 0.6 is 0 Å². The summed E-state index contributed by atoms with van der Waals surface area (Å²) in [7, 11) is 0. The Kier molecular flexibility index (Phi) is 8.88. The number of rotatable bonds is 5. The molecule has 0 radical (unpaired) electrons. The minimum Gasteiger partial charge on any atom is -0.457 e. The molecule has 2 aliphatic heterocycles. The van der Waals surface area contributed by atoms with E-state index in [1.165, 1.54) is 61.2 Å². The highest BCUT2D eigenvalue weighted by molar-refractivity contribution is 6.13. The van der Waals surface area contributed by atoms with Crippen LogP contribution in [0.5, 0.6) is 23.0 Å². The fourth-order valence-corrected chi connectivity index (χ4v) is 13.6. The Balaban J connectivity index is 1.01. The van der Waals surface area contributed by atoms with E-state index in [0.717, 1.165) is 78.6 Å². The van der Waals surface area contributed by atoms with Gasteiger partial charge in [-0.25, -0.2) is 0 Å². The van der Waals surface area contributed by atoms with Crippen LogP contribution in [0.2, 0.25) is 0 Å². The van der Waals surface area contributed by atoms with E-state index in [9.17, 15) is 0 Å². The van der Waals surface area contributed by atoms with Crippen molar-refractivity contribution in [1.29, 1.82) is 0 Å². The van der Waals surface area contributed by atoms with Gasteiger partial charge in [-0.1, -0.05) is 224 Å². The normalized spacial score (nSPS) is 14.0. The zero-order valence-corrected chi connectivity index (χ0v) is 40.7. The van der Waals surface area contributed by atoms with E-state index in [1.54, 1.807) is 0 Å². The lowest BCUT2D eigenvalue weighted by atomic mass is 9.66. The summed E-state index contributed by atoms with van der Waals surface area (Å²) in [5, 5.41) is 2.33. The summed E-state index contributed by atoms with van der Waals surface area (Å²) in [6.45, 7) is 0. The van der Waals surface area contributed by atoms with Crippen LogP contribution in [0.25, 0.3) is 55.3 Å². The fraction of sp³-hybridized carbons (Fsp3) is 0.0278. The van der Waals surface area contributed by atoms with Crippen molar-refractivity contribution < 1.29 is 9.47 Å². The highest BCUT2D eigenvalue weighted by atomic mass is 16.5. The maximum atomic E-state index is 6.84. The Hall–Kier alpha value is -9.70. The van der Waals surface area contributed by atoms with Crippen LogP contribution in [-0.2, 0) is 10.8 Å². The molecule has 3 heteroatoms. The number of anilines is 3. The molecule has 350 valence electrons. The number of para-hydroxylation sites is 4. The maximum absolute atomic E-state index is 6.84. The van der Waals surface area contributed by atoms with Gasteiger partial charge in [-0.05, 0) is 110 Å². The smallest absolute Gasteiger partial charge is 0.132 e. The quantitative estimate of drug-likeness (QED) is 0.172. The largest absolute Gasteiger partial charge is 0.457 e. The van der Waals surface area contributed by atoms with E-state index in [0.29, 0.717) is 0 Å². The Labute approximate surface area is 435 Å². The zero-order chi connectivity index (χ0) is 49.2. The average Bonchev–Trinajstić information content (AvgIpc) is 4.03. The summed E-state index contributed by atoms with van der Waals surface area (Å²) >= 11 is 0. The molecule has 0 amide bonds. The summed E-state index contributed by atoms with van der Waals surface area (Å²) in [5.74, 6) is 3.49. The second kappa shape index (κ2) is 15.9. The topological polar surface area (TPSA) is 21.7 Å². The first-order valence-electron chi connectivity index (χ1n) is 25.9. The van der Waals surface area contributed by atoms with E-state index in [2.05, 4.69) is 278 Å². The molecule has 0 N–H and O–H groups in total. The van der Waals surface area contributed by atoms with E-state index in [1.807, 2.05) is 0 Å². The van der Waals surface area contributed by atoms with Crippen molar-refractivity contribution >= 4 is 27.8 Å². The van der Waals surface area contributed by atoms with Crippen molar-refractivity contribution in [3.05, 3.63) is 317 Å². The molecule has 0 atom stereocenters. The Morgan fingerprint density at radius 2 is 0.680 bits per heavy atom. The van der Waals surface area contributed by atoms with Gasteiger partial charge in [0.2, 0.25) is 0 Å². The third-order valence-electron chi connectivity index (χ3n) is 16.6. The summed E-state index contributed by atoms with van der Waals surface area (Å²) in [6, 6.07) is 100. The number of hydrogen-bond acceptors (Lipinski definition) is 3. The standard InChI is InChI=1S/C72H45NO2/c1-2-19-46(20-3-1)47-37-39-48(40-38-47)49-41-43-51(44-42-49)73(63-32-18-31-61-68(63)53-23-6-8-25-55(53)71(61)57-27-10-14-33-64(57)74-65-34-15-11-28-58(65)71)70-52-22-5-4-21-50(52)45-62-69(70)54-24-7-9-26-56(54)72(62)59-29-12-16-35-66(59)75-67-36-17-13-30-60(67)72/h1-45H. The number of ether oxygens (including phenoxy) is 2. The first-order chi connectivity index (χ1) is 37.2. The number of nitrogens with zero attached hydrogens (tertiary/aromatic N) is 1. The second-order valence-corrected chi connectivity index (χ2v) is 20.2. The minimum absolute atomic E-state index is 0.651. The molecule has 0 saturated carbocycles. The molecule has 75 heavy (non-hydrogen) atoms. The Morgan fingerprint density at radius 1 is 0.280 bits per heavy atom. The fourth-order valence-electron chi connectivity index (χ4n) is 13.6. The van der Waals surface area contributed by atoms with Crippen LogP contribution < -0.4 is 14.4 Å². The molecule has 2 spiro atoms. The van der Waals surface area contributed by atoms with Gasteiger partial charge in [0.25, 0.3) is 0 Å². The Bertz CT molecular complexity index is 4220. The van der Waals surface area contributed by atoms with Crippen LogP contribution in [0, 0.1) is 0 Å². The summed E-state index contributed by atoms with van der Waals surface area (Å²) in [4.78, 5) is 2.60. The van der Waals surface area contributed by atoms with E-state index < -0.39 is 10.8 Å². The summed E-state index contributed by atoms with van der Waals surface area (Å²) in [5.41, 5.74) is 21.0. The van der Waals surface area contributed by atoms with Crippen LogP contribution in [0.1, 0.15) is 44.5 Å². The zero-order valence-electron chi connectivity index (χ0n) is 40.7. The molecule has 12 aromatic carbocycles. The third kappa shape index (κ3) is 5.70. The molecule has 12 aromatic rings. The minimum atomic E-state index is -0.678. The monoisotopic (exact) mass is 955 g/mol. The van der Waals surface area contributed by atoms with Gasteiger partial charge >= 0.3 is 0 Å². The number of hydrogen-bond donors (Lipinski definition) is 0. The van der Waals surface area contributed by atoms with Gasteiger partial charge in [-0.2, -0.15) is 0 Å². The molecule has 0 aromatic heterocycles. The van der Waals surface area contributed by atoms with Gasteiger partial charge in [-0.15, -0.1) is 0 Å². The Morgan fingerprint density at radius 3 is 1.23 bits per heavy atom. The van der Waals surface area contributed by atoms with Crippen LogP contribution in [0.4, 0.5) is 17.1 Å². The molecular formula is C72H45NO2. The molecule has 0 fully saturated rings. The molecule has 3 nitrogen and oxygen atoms in total. The SMILES string of the molecule is c1ccc(-c2ccc(-c3ccc(N(c4cccc5c4-c4ccccc4C54c5ccccc5Oc5ccccc54)c4c5c(cc6ccccc46)C4(c6ccccc6Oc6ccccc64)c4ccccc4-5)cc3)cc2)cc1. The van der Waals surface area contributed by atoms with Gasteiger partial charge in [0, 0.05) is 44.5 Å². The molecule has 16 rings (SSSR count). The van der Waals surface area contributed by atoms with Crippen molar-refractivity contribution in [3.63, 3.8) is 0 Å². The van der Waals surface area contributed by atoms with Gasteiger partial charge < -0.3 is 14.4 Å². The van der Waals surface area contributed by atoms with Crippen molar-refractivity contribution in [2.24, 2.45) is 0 Å². The summed E-state index contributed by atoms with van der Waals surface area (Å²) < 4.78 is 13.6. The van der Waals surface area contributed by atoms with Crippen LogP contribution in [-0.4, -0.2) is 0 Å². The predicted octanol–water partition coefficient (Wildman–Crippen LogP) is 18.6. The first-order valence-corrected chi connectivity index (χ1v) is 25.9.